The monoisotopic (exact) mass is 454 g/mol. The number of alkyl halides is 3. The summed E-state index contributed by atoms with van der Waals surface area (Å²) in [6.07, 6.45) is -3.64. The zero-order valence-corrected chi connectivity index (χ0v) is 17.5. The minimum absolute atomic E-state index is 0.0767. The number of nitro benzene ring substituents is 1. The molecule has 3 aromatic rings. The molecule has 0 unspecified atom stereocenters. The number of benzene rings is 2. The summed E-state index contributed by atoms with van der Waals surface area (Å²) >= 11 is 0. The average molecular weight is 454 g/mol. The van der Waals surface area contributed by atoms with Crippen molar-refractivity contribution in [2.75, 3.05) is 5.01 Å². The predicted octanol–water partition coefficient (Wildman–Crippen LogP) is 5.35. The Balaban J connectivity index is 1.78. The van der Waals surface area contributed by atoms with E-state index in [4.69, 9.17) is 0 Å². The fourth-order valence-electron chi connectivity index (χ4n) is 3.71. The topological polar surface area (TPSA) is 80.7 Å². The number of non-ortho nitro benzene ring substituents is 1. The maximum absolute atomic E-state index is 13.7. The van der Waals surface area contributed by atoms with Crippen LogP contribution in [-0.4, -0.2) is 27.3 Å². The molecule has 1 aromatic heterocycles. The maximum Gasteiger partial charge on any atom is 0.435 e. The van der Waals surface area contributed by atoms with Crippen LogP contribution in [0.1, 0.15) is 17.0 Å². The van der Waals surface area contributed by atoms with E-state index in [9.17, 15) is 28.1 Å². The first-order valence-corrected chi connectivity index (χ1v) is 9.79. The smallest absolute Gasteiger partial charge is 0.318 e. The van der Waals surface area contributed by atoms with Crippen LogP contribution in [0.3, 0.4) is 0 Å². The van der Waals surface area contributed by atoms with E-state index in [1.807, 2.05) is 0 Å². The summed E-state index contributed by atoms with van der Waals surface area (Å²) in [6.45, 7) is 3.45. The number of hydrogen-bond acceptors (Lipinski definition) is 4. The first-order valence-electron chi connectivity index (χ1n) is 9.79. The van der Waals surface area contributed by atoms with E-state index in [0.29, 0.717) is 22.6 Å². The van der Waals surface area contributed by atoms with Crippen LogP contribution in [0, 0.1) is 24.0 Å². The SMILES string of the molecule is Cc1cc(/C=C2\C(=O)N(c3ccccc3)N=C2C(F)(F)F)c(C)n1-c1ccc([N+](=O)[O-])cc1. The van der Waals surface area contributed by atoms with E-state index >= 15 is 0 Å². The van der Waals surface area contributed by atoms with Crippen molar-refractivity contribution in [3.63, 3.8) is 0 Å². The maximum atomic E-state index is 13.7. The highest BCUT2D eigenvalue weighted by Gasteiger charge is 2.46. The summed E-state index contributed by atoms with van der Waals surface area (Å²) in [4.78, 5) is 23.3. The third kappa shape index (κ3) is 4.02. The molecule has 2 heterocycles. The Morgan fingerprint density at radius 1 is 1.00 bits per heavy atom. The quantitative estimate of drug-likeness (QED) is 0.303. The van der Waals surface area contributed by atoms with Gasteiger partial charge in [0.15, 0.2) is 5.71 Å². The van der Waals surface area contributed by atoms with E-state index in [-0.39, 0.29) is 11.4 Å². The minimum Gasteiger partial charge on any atom is -0.318 e. The number of hydrogen-bond donors (Lipinski definition) is 0. The lowest BCUT2D eigenvalue weighted by Gasteiger charge is -2.11. The fraction of sp³-hybridized carbons (Fsp3) is 0.130. The lowest BCUT2D eigenvalue weighted by atomic mass is 10.1. The van der Waals surface area contributed by atoms with Crippen molar-refractivity contribution in [2.24, 2.45) is 5.10 Å². The second-order valence-corrected chi connectivity index (χ2v) is 7.39. The molecule has 1 aliphatic rings. The highest BCUT2D eigenvalue weighted by molar-refractivity contribution is 6.34. The summed E-state index contributed by atoms with van der Waals surface area (Å²) in [5.74, 6) is -0.881. The number of nitro groups is 1. The minimum atomic E-state index is -4.82. The highest BCUT2D eigenvalue weighted by atomic mass is 19.4. The molecule has 4 rings (SSSR count). The Kier molecular flexibility index (Phi) is 5.36. The number of aromatic nitrogens is 1. The second kappa shape index (κ2) is 8.05. The van der Waals surface area contributed by atoms with Crippen LogP contribution in [0.2, 0.25) is 0 Å². The van der Waals surface area contributed by atoms with Gasteiger partial charge < -0.3 is 4.57 Å². The molecule has 0 saturated heterocycles. The molecule has 7 nitrogen and oxygen atoms in total. The number of halogens is 3. The number of nitrogens with zero attached hydrogens (tertiary/aromatic N) is 4. The van der Waals surface area contributed by atoms with Gasteiger partial charge in [0.1, 0.15) is 0 Å². The van der Waals surface area contributed by atoms with E-state index in [1.54, 1.807) is 54.8 Å². The molecule has 0 N–H and O–H groups in total. The van der Waals surface area contributed by atoms with Gasteiger partial charge in [0.25, 0.3) is 11.6 Å². The Hall–Kier alpha value is -4.21. The van der Waals surface area contributed by atoms with Crippen LogP contribution in [0.5, 0.6) is 0 Å². The zero-order valence-electron chi connectivity index (χ0n) is 17.5. The van der Waals surface area contributed by atoms with Crippen molar-refractivity contribution in [3.8, 4) is 5.69 Å². The van der Waals surface area contributed by atoms with Crippen LogP contribution >= 0.6 is 0 Å². The van der Waals surface area contributed by atoms with Crippen molar-refractivity contribution in [1.29, 1.82) is 0 Å². The highest BCUT2D eigenvalue weighted by Crippen LogP contribution is 2.33. The van der Waals surface area contributed by atoms with Gasteiger partial charge in [0.05, 0.1) is 16.2 Å². The number of anilines is 1. The third-order valence-corrected chi connectivity index (χ3v) is 5.24. The molecule has 168 valence electrons. The summed E-state index contributed by atoms with van der Waals surface area (Å²) in [5.41, 5.74) is 0.586. The Labute approximate surface area is 186 Å². The molecule has 0 aliphatic carbocycles. The summed E-state index contributed by atoms with van der Waals surface area (Å²) < 4.78 is 42.9. The van der Waals surface area contributed by atoms with Crippen LogP contribution < -0.4 is 5.01 Å². The van der Waals surface area contributed by atoms with E-state index in [0.717, 1.165) is 5.01 Å². The molecule has 0 bridgehead atoms. The Morgan fingerprint density at radius 3 is 2.21 bits per heavy atom. The molecule has 0 spiro atoms. The second-order valence-electron chi connectivity index (χ2n) is 7.39. The van der Waals surface area contributed by atoms with Gasteiger partial charge in [0.2, 0.25) is 0 Å². The van der Waals surface area contributed by atoms with Crippen LogP contribution in [-0.2, 0) is 4.79 Å². The molecule has 0 saturated carbocycles. The van der Waals surface area contributed by atoms with Crippen molar-refractivity contribution in [3.05, 3.63) is 93.3 Å². The van der Waals surface area contributed by atoms with Crippen molar-refractivity contribution in [1.82, 2.24) is 4.57 Å². The molecule has 10 heteroatoms. The van der Waals surface area contributed by atoms with Gasteiger partial charge in [0, 0.05) is 29.2 Å². The fourth-order valence-corrected chi connectivity index (χ4v) is 3.71. The van der Waals surface area contributed by atoms with Crippen LogP contribution in [0.4, 0.5) is 24.5 Å². The van der Waals surface area contributed by atoms with Gasteiger partial charge in [-0.2, -0.15) is 23.3 Å². The van der Waals surface area contributed by atoms with Crippen LogP contribution in [0.25, 0.3) is 11.8 Å². The number of hydrazone groups is 1. The molecule has 33 heavy (non-hydrogen) atoms. The van der Waals surface area contributed by atoms with E-state index in [1.165, 1.54) is 30.3 Å². The Morgan fingerprint density at radius 2 is 1.64 bits per heavy atom. The predicted molar refractivity (Wildman–Crippen MR) is 117 cm³/mol. The summed E-state index contributed by atoms with van der Waals surface area (Å²) in [5, 5.41) is 15.2. The number of para-hydroxylation sites is 1. The normalized spacial score (nSPS) is 15.3. The first-order chi connectivity index (χ1) is 15.6. The van der Waals surface area contributed by atoms with Gasteiger partial charge in [-0.15, -0.1) is 0 Å². The molecule has 0 radical (unpaired) electrons. The zero-order chi connectivity index (χ0) is 23.9. The van der Waals surface area contributed by atoms with Crippen molar-refractivity contribution < 1.29 is 22.9 Å². The van der Waals surface area contributed by atoms with Gasteiger partial charge >= 0.3 is 6.18 Å². The van der Waals surface area contributed by atoms with Crippen LogP contribution in [0.15, 0.2) is 71.3 Å². The summed E-state index contributed by atoms with van der Waals surface area (Å²) in [7, 11) is 0. The molecule has 2 aromatic carbocycles. The average Bonchev–Trinajstić information content (AvgIpc) is 3.25. The third-order valence-electron chi connectivity index (χ3n) is 5.24. The van der Waals surface area contributed by atoms with Gasteiger partial charge in [-0.05, 0) is 55.8 Å². The number of aryl methyl sites for hydroxylation is 1. The lowest BCUT2D eigenvalue weighted by Crippen LogP contribution is -2.25. The number of carbonyl (C=O) groups is 1. The van der Waals surface area contributed by atoms with E-state index in [2.05, 4.69) is 5.10 Å². The van der Waals surface area contributed by atoms with Gasteiger partial charge in [-0.3, -0.25) is 14.9 Å². The van der Waals surface area contributed by atoms with Gasteiger partial charge in [-0.1, -0.05) is 18.2 Å². The van der Waals surface area contributed by atoms with Gasteiger partial charge in [-0.25, -0.2) is 0 Å². The Bertz CT molecular complexity index is 1310. The van der Waals surface area contributed by atoms with Crippen molar-refractivity contribution in [2.45, 2.75) is 20.0 Å². The number of amides is 1. The largest absolute Gasteiger partial charge is 0.435 e. The molecular weight excluding hydrogens is 437 g/mol. The van der Waals surface area contributed by atoms with Crippen molar-refractivity contribution >= 4 is 29.1 Å². The van der Waals surface area contributed by atoms with E-state index < -0.39 is 28.3 Å². The molecule has 1 amide bonds. The first kappa shape index (κ1) is 22.0. The molecule has 1 aliphatic heterocycles. The molecule has 0 atom stereocenters. The standard InChI is InChI=1S/C23H17F3N4O3/c1-14-12-16(15(2)28(14)17-8-10-19(11-9-17)30(32)33)13-20-21(23(24,25)26)27-29(22(20)31)18-6-4-3-5-7-18/h3-13H,1-2H3/b20-13-. The summed E-state index contributed by atoms with van der Waals surface area (Å²) in [6, 6.07) is 15.3. The lowest BCUT2D eigenvalue weighted by molar-refractivity contribution is -0.384. The number of carbonyl (C=O) groups excluding carboxylic acids is 1. The molecular formula is C23H17F3N4O3. The number of rotatable bonds is 4. The molecule has 0 fully saturated rings.